The second-order valence-corrected chi connectivity index (χ2v) is 9.30. The Kier molecular flexibility index (Phi) is 12.2. The monoisotopic (exact) mass is 494 g/mol. The molecule has 2 rings (SSSR count). The Hall–Kier alpha value is -1.25. The molecule has 0 N–H and O–H groups in total. The van der Waals surface area contributed by atoms with Crippen LogP contribution < -0.4 is 0 Å². The second-order valence-electron chi connectivity index (χ2n) is 9.30. The Morgan fingerprint density at radius 1 is 0.706 bits per heavy atom. The average molecular weight is 495 g/mol. The fourth-order valence-corrected chi connectivity index (χ4v) is 4.88. The molecule has 1 fully saturated rings. The van der Waals surface area contributed by atoms with Crippen molar-refractivity contribution in [2.45, 2.75) is 102 Å². The quantitative estimate of drug-likeness (QED) is 0.0810. The first kappa shape index (κ1) is 29.0. The Morgan fingerprint density at radius 2 is 1.21 bits per heavy atom. The SMILES string of the molecule is CCCCCCCCCC(OC)(OC)OCCC1CCC(c2c(F)c(F)c(F)c(F)c2F)CC1. The molecule has 34 heavy (non-hydrogen) atoms. The summed E-state index contributed by atoms with van der Waals surface area (Å²) in [6.07, 6.45) is 11.5. The minimum absolute atomic E-state index is 0.238. The maximum absolute atomic E-state index is 14.1. The molecule has 0 amide bonds. The van der Waals surface area contributed by atoms with Crippen molar-refractivity contribution in [1.82, 2.24) is 0 Å². The van der Waals surface area contributed by atoms with Gasteiger partial charge in [-0.2, -0.15) is 0 Å². The lowest BCUT2D eigenvalue weighted by Gasteiger charge is -2.33. The number of benzene rings is 1. The molecule has 0 heterocycles. The molecular formula is C26H39F5O3. The Morgan fingerprint density at radius 3 is 1.74 bits per heavy atom. The smallest absolute Gasteiger partial charge is 0.282 e. The predicted molar refractivity (Wildman–Crippen MR) is 121 cm³/mol. The second kappa shape index (κ2) is 14.3. The zero-order valence-electron chi connectivity index (χ0n) is 20.7. The van der Waals surface area contributed by atoms with Gasteiger partial charge in [-0.1, -0.05) is 45.4 Å². The molecule has 0 saturated heterocycles. The summed E-state index contributed by atoms with van der Waals surface area (Å²) in [5, 5.41) is 0. The highest BCUT2D eigenvalue weighted by atomic mass is 19.2. The van der Waals surface area contributed by atoms with E-state index in [9.17, 15) is 22.0 Å². The molecule has 3 nitrogen and oxygen atoms in total. The van der Waals surface area contributed by atoms with Gasteiger partial charge < -0.3 is 14.2 Å². The molecule has 1 aromatic rings. The van der Waals surface area contributed by atoms with Crippen LogP contribution in [0.5, 0.6) is 0 Å². The van der Waals surface area contributed by atoms with Gasteiger partial charge in [-0.25, -0.2) is 22.0 Å². The van der Waals surface area contributed by atoms with Gasteiger partial charge in [0.05, 0.1) is 6.61 Å². The molecular weight excluding hydrogens is 455 g/mol. The van der Waals surface area contributed by atoms with Gasteiger partial charge >= 0.3 is 0 Å². The number of hydrogen-bond donors (Lipinski definition) is 0. The van der Waals surface area contributed by atoms with E-state index >= 15 is 0 Å². The Balaban J connectivity index is 1.79. The molecule has 0 unspecified atom stereocenters. The van der Waals surface area contributed by atoms with Crippen LogP contribution in [0.3, 0.4) is 0 Å². The van der Waals surface area contributed by atoms with Crippen LogP contribution in [-0.4, -0.2) is 26.8 Å². The lowest BCUT2D eigenvalue weighted by molar-refractivity contribution is -0.366. The van der Waals surface area contributed by atoms with Crippen LogP contribution in [0.25, 0.3) is 0 Å². The third-order valence-corrected chi connectivity index (χ3v) is 7.06. The molecule has 0 spiro atoms. The largest absolute Gasteiger partial charge is 0.331 e. The van der Waals surface area contributed by atoms with E-state index in [-0.39, 0.29) is 5.92 Å². The topological polar surface area (TPSA) is 27.7 Å². The summed E-state index contributed by atoms with van der Waals surface area (Å²) < 4.78 is 85.7. The average Bonchev–Trinajstić information content (AvgIpc) is 2.85. The van der Waals surface area contributed by atoms with Gasteiger partial charge in [0.1, 0.15) is 0 Å². The van der Waals surface area contributed by atoms with Crippen molar-refractivity contribution in [3.8, 4) is 0 Å². The van der Waals surface area contributed by atoms with Crippen molar-refractivity contribution in [2.75, 3.05) is 20.8 Å². The standard InChI is InChI=1S/C26H39F5O3/c1-4-5-6-7-8-9-10-16-26(32-2,33-3)34-17-15-18-11-13-19(14-12-18)20-21(27)23(29)25(31)24(30)22(20)28/h18-19H,4-17H2,1-3H3. The van der Waals surface area contributed by atoms with Gasteiger partial charge in [0.2, 0.25) is 5.82 Å². The summed E-state index contributed by atoms with van der Waals surface area (Å²) >= 11 is 0. The van der Waals surface area contributed by atoms with Crippen molar-refractivity contribution in [2.24, 2.45) is 5.92 Å². The van der Waals surface area contributed by atoms with E-state index < -0.39 is 46.5 Å². The zero-order chi connectivity index (χ0) is 25.1. The summed E-state index contributed by atoms with van der Waals surface area (Å²) in [5.74, 6) is -10.8. The van der Waals surface area contributed by atoms with Crippen LogP contribution in [0.1, 0.15) is 102 Å². The molecule has 0 bridgehead atoms. The number of rotatable bonds is 15. The third kappa shape index (κ3) is 7.62. The number of halogens is 5. The number of unbranched alkanes of at least 4 members (excludes halogenated alkanes) is 6. The van der Waals surface area contributed by atoms with Crippen molar-refractivity contribution >= 4 is 0 Å². The summed E-state index contributed by atoms with van der Waals surface area (Å²) in [6.45, 7) is 2.60. The van der Waals surface area contributed by atoms with Crippen LogP contribution in [0.15, 0.2) is 0 Å². The van der Waals surface area contributed by atoms with Crippen LogP contribution in [0.2, 0.25) is 0 Å². The van der Waals surface area contributed by atoms with Crippen LogP contribution in [-0.2, 0) is 14.2 Å². The highest BCUT2D eigenvalue weighted by Crippen LogP contribution is 2.40. The van der Waals surface area contributed by atoms with E-state index in [2.05, 4.69) is 6.92 Å². The van der Waals surface area contributed by atoms with Crippen molar-refractivity contribution in [3.05, 3.63) is 34.6 Å². The Bertz CT molecular complexity index is 717. The summed E-state index contributed by atoms with van der Waals surface area (Å²) in [7, 11) is 3.11. The lowest BCUT2D eigenvalue weighted by atomic mass is 9.77. The highest BCUT2D eigenvalue weighted by Gasteiger charge is 2.34. The first-order valence-electron chi connectivity index (χ1n) is 12.6. The van der Waals surface area contributed by atoms with Crippen LogP contribution in [0, 0.1) is 35.0 Å². The van der Waals surface area contributed by atoms with Crippen molar-refractivity contribution in [1.29, 1.82) is 0 Å². The fraction of sp³-hybridized carbons (Fsp3) is 0.769. The summed E-state index contributed by atoms with van der Waals surface area (Å²) in [5.41, 5.74) is -0.682. The summed E-state index contributed by atoms with van der Waals surface area (Å²) in [6, 6.07) is 0. The minimum atomic E-state index is -2.11. The Labute approximate surface area is 200 Å². The fourth-order valence-electron chi connectivity index (χ4n) is 4.88. The van der Waals surface area contributed by atoms with E-state index in [0.717, 1.165) is 12.8 Å². The molecule has 0 radical (unpaired) electrons. The van der Waals surface area contributed by atoms with E-state index in [0.29, 0.717) is 45.1 Å². The third-order valence-electron chi connectivity index (χ3n) is 7.06. The van der Waals surface area contributed by atoms with Gasteiger partial charge in [-0.3, -0.25) is 0 Å². The normalized spacial score (nSPS) is 19.1. The van der Waals surface area contributed by atoms with Crippen LogP contribution in [0.4, 0.5) is 22.0 Å². The van der Waals surface area contributed by atoms with E-state index in [1.165, 1.54) is 32.1 Å². The molecule has 1 saturated carbocycles. The number of methoxy groups -OCH3 is 2. The van der Waals surface area contributed by atoms with Gasteiger partial charge in [-0.15, -0.1) is 0 Å². The first-order valence-corrected chi connectivity index (χ1v) is 12.6. The number of ether oxygens (including phenoxy) is 3. The number of hydrogen-bond acceptors (Lipinski definition) is 3. The molecule has 1 aliphatic carbocycles. The zero-order valence-corrected chi connectivity index (χ0v) is 20.7. The maximum Gasteiger partial charge on any atom is 0.282 e. The molecule has 196 valence electrons. The molecule has 0 aliphatic heterocycles. The molecule has 1 aromatic carbocycles. The minimum Gasteiger partial charge on any atom is -0.331 e. The van der Waals surface area contributed by atoms with Crippen molar-refractivity contribution in [3.63, 3.8) is 0 Å². The van der Waals surface area contributed by atoms with Gasteiger partial charge in [0.15, 0.2) is 23.3 Å². The maximum atomic E-state index is 14.1. The van der Waals surface area contributed by atoms with Gasteiger partial charge in [0, 0.05) is 26.2 Å². The molecule has 1 aliphatic rings. The summed E-state index contributed by atoms with van der Waals surface area (Å²) in [4.78, 5) is 0. The highest BCUT2D eigenvalue weighted by molar-refractivity contribution is 5.27. The van der Waals surface area contributed by atoms with E-state index in [4.69, 9.17) is 14.2 Å². The van der Waals surface area contributed by atoms with Crippen molar-refractivity contribution < 1.29 is 36.2 Å². The van der Waals surface area contributed by atoms with Gasteiger partial charge in [-0.05, 0) is 50.4 Å². The van der Waals surface area contributed by atoms with E-state index in [1.54, 1.807) is 14.2 Å². The van der Waals surface area contributed by atoms with Gasteiger partial charge in [0.25, 0.3) is 5.97 Å². The lowest BCUT2D eigenvalue weighted by Crippen LogP contribution is -2.37. The predicted octanol–water partition coefficient (Wildman–Crippen LogP) is 8.15. The molecule has 8 heteroatoms. The van der Waals surface area contributed by atoms with Crippen LogP contribution >= 0.6 is 0 Å². The first-order chi connectivity index (χ1) is 16.3. The van der Waals surface area contributed by atoms with E-state index in [1.807, 2.05) is 0 Å². The molecule has 0 aromatic heterocycles. The molecule has 0 atom stereocenters.